The van der Waals surface area contributed by atoms with Crippen LogP contribution in [0, 0.1) is 6.92 Å². The molecule has 1 amide bonds. The summed E-state index contributed by atoms with van der Waals surface area (Å²) in [6.45, 7) is 6.14. The lowest BCUT2D eigenvalue weighted by Gasteiger charge is -2.07. The number of aryl methyl sites for hydroxylation is 1. The van der Waals surface area contributed by atoms with Crippen molar-refractivity contribution in [1.29, 1.82) is 0 Å². The maximum atomic E-state index is 12.2. The first-order valence-electron chi connectivity index (χ1n) is 6.89. The van der Waals surface area contributed by atoms with E-state index in [4.69, 9.17) is 9.15 Å². The highest BCUT2D eigenvalue weighted by Gasteiger charge is 2.20. The zero-order chi connectivity index (χ0) is 15.4. The molecule has 2 rings (SSSR count). The fourth-order valence-corrected chi connectivity index (χ4v) is 2.00. The summed E-state index contributed by atoms with van der Waals surface area (Å²) >= 11 is 0. The fraction of sp³-hybridized carbons (Fsp3) is 0.375. The summed E-state index contributed by atoms with van der Waals surface area (Å²) in [6, 6.07) is 7.54. The smallest absolute Gasteiger partial charge is 0.289 e. The maximum Gasteiger partial charge on any atom is 0.289 e. The third-order valence-electron chi connectivity index (χ3n) is 3.13. The van der Waals surface area contributed by atoms with Gasteiger partial charge in [-0.1, -0.05) is 26.0 Å². The van der Waals surface area contributed by atoms with Gasteiger partial charge in [-0.05, 0) is 23.6 Å². The molecule has 5 nitrogen and oxygen atoms in total. The molecule has 0 radical (unpaired) electrons. The quantitative estimate of drug-likeness (QED) is 0.918. The van der Waals surface area contributed by atoms with Crippen LogP contribution in [0.3, 0.4) is 0 Å². The molecule has 1 aromatic heterocycles. The lowest BCUT2D eigenvalue weighted by atomic mass is 10.1. The number of ether oxygens (including phenoxy) is 1. The highest BCUT2D eigenvalue weighted by atomic mass is 16.5. The molecule has 0 unspecified atom stereocenters. The van der Waals surface area contributed by atoms with E-state index in [1.807, 2.05) is 38.1 Å². The van der Waals surface area contributed by atoms with Crippen LogP contribution in [0.5, 0.6) is 5.75 Å². The number of amides is 1. The minimum Gasteiger partial charge on any atom is -0.497 e. The van der Waals surface area contributed by atoms with Gasteiger partial charge in [-0.25, -0.2) is 4.98 Å². The molecule has 0 atom stereocenters. The number of benzene rings is 1. The Labute approximate surface area is 124 Å². The number of methoxy groups -OCH3 is 1. The molecule has 0 saturated carbocycles. The lowest BCUT2D eigenvalue weighted by Crippen LogP contribution is -2.23. The second-order valence-electron chi connectivity index (χ2n) is 5.13. The van der Waals surface area contributed by atoms with Crippen LogP contribution in [0.15, 0.2) is 28.7 Å². The van der Waals surface area contributed by atoms with E-state index in [2.05, 4.69) is 10.3 Å². The zero-order valence-electron chi connectivity index (χ0n) is 12.8. The van der Waals surface area contributed by atoms with E-state index < -0.39 is 0 Å². The van der Waals surface area contributed by atoms with Crippen LogP contribution >= 0.6 is 0 Å². The van der Waals surface area contributed by atoms with E-state index in [0.29, 0.717) is 23.9 Å². The molecule has 0 aliphatic heterocycles. The molecule has 0 aliphatic carbocycles. The molecule has 1 heterocycles. The van der Waals surface area contributed by atoms with Crippen molar-refractivity contribution in [3.8, 4) is 5.75 Å². The Morgan fingerprint density at radius 1 is 1.33 bits per heavy atom. The van der Waals surface area contributed by atoms with Crippen molar-refractivity contribution in [2.45, 2.75) is 33.2 Å². The number of oxazole rings is 1. The maximum absolute atomic E-state index is 12.2. The van der Waals surface area contributed by atoms with Crippen LogP contribution in [0.1, 0.15) is 47.5 Å². The highest BCUT2D eigenvalue weighted by molar-refractivity contribution is 5.92. The van der Waals surface area contributed by atoms with Gasteiger partial charge in [0.2, 0.25) is 5.76 Å². The molecule has 0 aliphatic rings. The van der Waals surface area contributed by atoms with Gasteiger partial charge in [-0.3, -0.25) is 4.79 Å². The topological polar surface area (TPSA) is 64.4 Å². The van der Waals surface area contributed by atoms with Crippen LogP contribution in [0.2, 0.25) is 0 Å². The minimum atomic E-state index is -0.241. The van der Waals surface area contributed by atoms with Crippen LogP contribution < -0.4 is 10.1 Å². The Kier molecular flexibility index (Phi) is 4.62. The first-order valence-corrected chi connectivity index (χ1v) is 6.89. The Bertz CT molecular complexity index is 615. The molecular weight excluding hydrogens is 268 g/mol. The molecule has 0 spiro atoms. The summed E-state index contributed by atoms with van der Waals surface area (Å²) in [4.78, 5) is 16.5. The van der Waals surface area contributed by atoms with Gasteiger partial charge in [0, 0.05) is 13.5 Å². The van der Waals surface area contributed by atoms with Crippen LogP contribution in [-0.4, -0.2) is 18.0 Å². The SMILES string of the molecule is COc1ccc(CNC(=O)c2oc(C)nc2C(C)C)cc1. The number of hydrogen-bond acceptors (Lipinski definition) is 4. The molecule has 1 N–H and O–H groups in total. The molecule has 5 heteroatoms. The minimum absolute atomic E-state index is 0.143. The number of nitrogens with one attached hydrogen (secondary N) is 1. The number of carbonyl (C=O) groups excluding carboxylic acids is 1. The number of aromatic nitrogens is 1. The highest BCUT2D eigenvalue weighted by Crippen LogP contribution is 2.20. The fourth-order valence-electron chi connectivity index (χ4n) is 2.00. The van der Waals surface area contributed by atoms with Crippen molar-refractivity contribution in [2.75, 3.05) is 7.11 Å². The van der Waals surface area contributed by atoms with Gasteiger partial charge in [0.05, 0.1) is 12.8 Å². The number of nitrogens with zero attached hydrogens (tertiary/aromatic N) is 1. The second kappa shape index (κ2) is 6.43. The summed E-state index contributed by atoms with van der Waals surface area (Å²) in [6.07, 6.45) is 0. The molecular formula is C16H20N2O3. The predicted molar refractivity (Wildman–Crippen MR) is 79.5 cm³/mol. The van der Waals surface area contributed by atoms with E-state index in [1.165, 1.54) is 0 Å². The van der Waals surface area contributed by atoms with Crippen molar-refractivity contribution in [2.24, 2.45) is 0 Å². The summed E-state index contributed by atoms with van der Waals surface area (Å²) in [5, 5.41) is 2.85. The average molecular weight is 288 g/mol. The van der Waals surface area contributed by atoms with E-state index in [-0.39, 0.29) is 11.8 Å². The first-order chi connectivity index (χ1) is 10.0. The predicted octanol–water partition coefficient (Wildman–Crippen LogP) is 3.05. The van der Waals surface area contributed by atoms with Gasteiger partial charge in [-0.2, -0.15) is 0 Å². The number of carbonyl (C=O) groups is 1. The third kappa shape index (κ3) is 3.62. The Morgan fingerprint density at radius 3 is 2.57 bits per heavy atom. The Balaban J connectivity index is 2.04. The van der Waals surface area contributed by atoms with Crippen molar-refractivity contribution in [3.63, 3.8) is 0 Å². The first kappa shape index (κ1) is 15.1. The van der Waals surface area contributed by atoms with E-state index >= 15 is 0 Å². The number of hydrogen-bond donors (Lipinski definition) is 1. The Hall–Kier alpha value is -2.30. The summed E-state index contributed by atoms with van der Waals surface area (Å²) in [7, 11) is 1.62. The van der Waals surface area contributed by atoms with Gasteiger partial charge < -0.3 is 14.5 Å². The van der Waals surface area contributed by atoms with Crippen molar-refractivity contribution in [3.05, 3.63) is 47.2 Å². The van der Waals surface area contributed by atoms with E-state index in [1.54, 1.807) is 14.0 Å². The summed E-state index contributed by atoms with van der Waals surface area (Å²) < 4.78 is 10.5. The molecule has 1 aromatic carbocycles. The third-order valence-corrected chi connectivity index (χ3v) is 3.13. The van der Waals surface area contributed by atoms with Crippen molar-refractivity contribution >= 4 is 5.91 Å². The molecule has 112 valence electrons. The standard InChI is InChI=1S/C16H20N2O3/c1-10(2)14-15(21-11(3)18-14)16(19)17-9-12-5-7-13(20-4)8-6-12/h5-8,10H,9H2,1-4H3,(H,17,19). The van der Waals surface area contributed by atoms with E-state index in [0.717, 1.165) is 11.3 Å². The van der Waals surface area contributed by atoms with Crippen LogP contribution in [0.25, 0.3) is 0 Å². The summed E-state index contributed by atoms with van der Waals surface area (Å²) in [5.41, 5.74) is 1.69. The van der Waals surface area contributed by atoms with Crippen LogP contribution in [0.4, 0.5) is 0 Å². The van der Waals surface area contributed by atoms with Crippen molar-refractivity contribution in [1.82, 2.24) is 10.3 Å². The molecule has 0 bridgehead atoms. The monoisotopic (exact) mass is 288 g/mol. The van der Waals surface area contributed by atoms with Crippen molar-refractivity contribution < 1.29 is 13.9 Å². The normalized spacial score (nSPS) is 10.7. The Morgan fingerprint density at radius 2 is 2.00 bits per heavy atom. The summed E-state index contributed by atoms with van der Waals surface area (Å²) in [5.74, 6) is 1.50. The molecule has 2 aromatic rings. The van der Waals surface area contributed by atoms with Gasteiger partial charge in [0.15, 0.2) is 5.89 Å². The van der Waals surface area contributed by atoms with Crippen LogP contribution in [-0.2, 0) is 6.54 Å². The van der Waals surface area contributed by atoms with Gasteiger partial charge in [0.25, 0.3) is 5.91 Å². The van der Waals surface area contributed by atoms with E-state index in [9.17, 15) is 4.79 Å². The van der Waals surface area contributed by atoms with Gasteiger partial charge in [0.1, 0.15) is 5.75 Å². The second-order valence-corrected chi connectivity index (χ2v) is 5.13. The molecule has 0 fully saturated rings. The van der Waals surface area contributed by atoms with Gasteiger partial charge in [-0.15, -0.1) is 0 Å². The zero-order valence-corrected chi connectivity index (χ0v) is 12.8. The lowest BCUT2D eigenvalue weighted by molar-refractivity contribution is 0.0920. The largest absolute Gasteiger partial charge is 0.497 e. The molecule has 0 saturated heterocycles. The average Bonchev–Trinajstić information content (AvgIpc) is 2.87. The molecule has 21 heavy (non-hydrogen) atoms. The number of rotatable bonds is 5. The van der Waals surface area contributed by atoms with Gasteiger partial charge >= 0.3 is 0 Å².